The molecule has 4 aromatic carbocycles. The third-order valence-corrected chi connectivity index (χ3v) is 7.19. The molecular weight excluding hydrogens is 386 g/mol. The summed E-state index contributed by atoms with van der Waals surface area (Å²) in [6.45, 7) is 12.7. The van der Waals surface area contributed by atoms with E-state index in [0.29, 0.717) is 0 Å². The maximum Gasteiger partial charge on any atom is 0.0544 e. The highest BCUT2D eigenvalue weighted by Crippen LogP contribution is 2.49. The number of hydrogen-bond acceptors (Lipinski definition) is 0. The Balaban J connectivity index is 1.68. The van der Waals surface area contributed by atoms with Gasteiger partial charge in [-0.25, -0.2) is 0 Å². The Labute approximate surface area is 188 Å². The first-order valence-electron chi connectivity index (χ1n) is 11.1. The zero-order valence-corrected chi connectivity index (χ0v) is 18.5. The molecule has 1 N–H and O–H groups in total. The summed E-state index contributed by atoms with van der Waals surface area (Å²) in [5.41, 5.74) is 9.84. The average Bonchev–Trinajstić information content (AvgIpc) is 3.30. The van der Waals surface area contributed by atoms with Crippen LogP contribution < -0.4 is 0 Å². The second-order valence-corrected chi connectivity index (χ2v) is 9.18. The minimum atomic E-state index is -0.0999. The van der Waals surface area contributed by atoms with E-state index in [0.717, 1.165) is 0 Å². The van der Waals surface area contributed by atoms with E-state index in [1.807, 2.05) is 12.2 Å². The van der Waals surface area contributed by atoms with E-state index in [-0.39, 0.29) is 5.41 Å². The van der Waals surface area contributed by atoms with E-state index in [1.165, 1.54) is 66.0 Å². The number of nitrogens with one attached hydrogen (secondary N) is 1. The highest BCUT2D eigenvalue weighted by molar-refractivity contribution is 6.20. The van der Waals surface area contributed by atoms with Gasteiger partial charge in [0, 0.05) is 27.1 Å². The van der Waals surface area contributed by atoms with Gasteiger partial charge in [-0.2, -0.15) is 0 Å². The topological polar surface area (TPSA) is 15.8 Å². The predicted octanol–water partition coefficient (Wildman–Crippen LogP) is 8.56. The summed E-state index contributed by atoms with van der Waals surface area (Å²) in [5, 5.41) is 5.06. The van der Waals surface area contributed by atoms with E-state index in [9.17, 15) is 0 Å². The normalized spacial score (nSPS) is 14.9. The van der Waals surface area contributed by atoms with Gasteiger partial charge in [-0.1, -0.05) is 93.8 Å². The van der Waals surface area contributed by atoms with Crippen molar-refractivity contribution in [1.82, 2.24) is 4.98 Å². The predicted molar refractivity (Wildman–Crippen MR) is 139 cm³/mol. The first-order chi connectivity index (χ1) is 15.5. The van der Waals surface area contributed by atoms with E-state index >= 15 is 0 Å². The van der Waals surface area contributed by atoms with Crippen LogP contribution >= 0.6 is 0 Å². The van der Waals surface area contributed by atoms with Crippen LogP contribution in [0.1, 0.15) is 25.0 Å². The Morgan fingerprint density at radius 3 is 2.19 bits per heavy atom. The molecule has 0 aliphatic heterocycles. The fraction of sp³-hybridized carbons (Fsp3) is 0.0968. The summed E-state index contributed by atoms with van der Waals surface area (Å²) in [4.78, 5) is 3.65. The molecule has 1 aromatic heterocycles. The smallest absolute Gasteiger partial charge is 0.0544 e. The Morgan fingerprint density at radius 2 is 1.44 bits per heavy atom. The van der Waals surface area contributed by atoms with Crippen LogP contribution in [0.4, 0.5) is 0 Å². The third kappa shape index (κ3) is 2.39. The second kappa shape index (κ2) is 6.58. The number of fused-ring (bicyclic) bond motifs is 6. The molecule has 1 aliphatic rings. The first kappa shape index (κ1) is 18.9. The van der Waals surface area contributed by atoms with Gasteiger partial charge in [0.2, 0.25) is 0 Å². The molecule has 1 heterocycles. The Kier molecular flexibility index (Phi) is 3.88. The van der Waals surface area contributed by atoms with Gasteiger partial charge in [0.1, 0.15) is 0 Å². The van der Waals surface area contributed by atoms with Crippen molar-refractivity contribution >= 4 is 38.2 Å². The van der Waals surface area contributed by atoms with Crippen molar-refractivity contribution in [3.05, 3.63) is 115 Å². The molecule has 32 heavy (non-hydrogen) atoms. The molecule has 1 heteroatoms. The molecule has 0 saturated carbocycles. The lowest BCUT2D eigenvalue weighted by atomic mass is 9.80. The molecule has 154 valence electrons. The van der Waals surface area contributed by atoms with Gasteiger partial charge in [-0.05, 0) is 57.0 Å². The summed E-state index contributed by atoms with van der Waals surface area (Å²) in [7, 11) is 0. The van der Waals surface area contributed by atoms with Gasteiger partial charge in [-0.15, -0.1) is 0 Å². The fourth-order valence-corrected chi connectivity index (χ4v) is 5.60. The lowest BCUT2D eigenvalue weighted by Gasteiger charge is -2.23. The monoisotopic (exact) mass is 411 g/mol. The molecule has 0 saturated heterocycles. The molecule has 1 nitrogen and oxygen atoms in total. The van der Waals surface area contributed by atoms with Crippen molar-refractivity contribution in [3.63, 3.8) is 0 Å². The van der Waals surface area contributed by atoms with E-state index in [2.05, 4.69) is 105 Å². The largest absolute Gasteiger partial charge is 0.354 e. The van der Waals surface area contributed by atoms with Crippen LogP contribution in [0.2, 0.25) is 0 Å². The van der Waals surface area contributed by atoms with Gasteiger partial charge in [0.25, 0.3) is 0 Å². The summed E-state index contributed by atoms with van der Waals surface area (Å²) < 4.78 is 0. The highest BCUT2D eigenvalue weighted by Gasteiger charge is 2.35. The number of rotatable bonds is 3. The van der Waals surface area contributed by atoms with E-state index in [1.54, 1.807) is 0 Å². The average molecular weight is 412 g/mol. The van der Waals surface area contributed by atoms with Gasteiger partial charge in [-0.3, -0.25) is 0 Å². The van der Waals surface area contributed by atoms with Crippen LogP contribution in [0.15, 0.2) is 104 Å². The SMILES string of the molecule is C=CC1=C(C=C)C(C)(C)c2cc(-c3cc4c5ccccc5[nH]c4c4ccccc34)ccc21. The fourth-order valence-electron chi connectivity index (χ4n) is 5.60. The maximum absolute atomic E-state index is 4.09. The minimum absolute atomic E-state index is 0.0999. The van der Waals surface area contributed by atoms with Crippen molar-refractivity contribution < 1.29 is 0 Å². The Hall–Kier alpha value is -3.84. The van der Waals surface area contributed by atoms with E-state index < -0.39 is 0 Å². The summed E-state index contributed by atoms with van der Waals surface area (Å²) in [5.74, 6) is 0. The number of aromatic amines is 1. The Bertz CT molecular complexity index is 1620. The highest BCUT2D eigenvalue weighted by atomic mass is 14.7. The third-order valence-electron chi connectivity index (χ3n) is 7.19. The van der Waals surface area contributed by atoms with Crippen molar-refractivity contribution in [1.29, 1.82) is 0 Å². The van der Waals surface area contributed by atoms with Gasteiger partial charge < -0.3 is 4.98 Å². The van der Waals surface area contributed by atoms with Crippen LogP contribution in [-0.4, -0.2) is 4.98 Å². The number of H-pyrrole nitrogens is 1. The molecule has 0 unspecified atom stereocenters. The number of benzene rings is 4. The molecule has 1 aliphatic carbocycles. The van der Waals surface area contributed by atoms with E-state index in [4.69, 9.17) is 0 Å². The maximum atomic E-state index is 4.09. The summed E-state index contributed by atoms with van der Waals surface area (Å²) in [6.07, 6.45) is 3.96. The number of allylic oxidation sites excluding steroid dienone is 4. The van der Waals surface area contributed by atoms with Crippen molar-refractivity contribution in [2.45, 2.75) is 19.3 Å². The van der Waals surface area contributed by atoms with Crippen LogP contribution in [0.25, 0.3) is 49.3 Å². The van der Waals surface area contributed by atoms with Crippen molar-refractivity contribution in [2.24, 2.45) is 0 Å². The Morgan fingerprint density at radius 1 is 0.719 bits per heavy atom. The molecule has 0 radical (unpaired) electrons. The van der Waals surface area contributed by atoms with Crippen LogP contribution in [0.5, 0.6) is 0 Å². The quantitative estimate of drug-likeness (QED) is 0.306. The second-order valence-electron chi connectivity index (χ2n) is 9.18. The van der Waals surface area contributed by atoms with Gasteiger partial charge in [0.15, 0.2) is 0 Å². The van der Waals surface area contributed by atoms with Crippen molar-refractivity contribution in [2.75, 3.05) is 0 Å². The lowest BCUT2D eigenvalue weighted by Crippen LogP contribution is -2.16. The minimum Gasteiger partial charge on any atom is -0.354 e. The molecule has 0 amide bonds. The number of aromatic nitrogens is 1. The molecular formula is C31H25N. The van der Waals surface area contributed by atoms with Crippen LogP contribution in [0.3, 0.4) is 0 Å². The molecule has 0 fully saturated rings. The number of para-hydroxylation sites is 1. The van der Waals surface area contributed by atoms with Crippen molar-refractivity contribution in [3.8, 4) is 11.1 Å². The molecule has 0 bridgehead atoms. The zero-order valence-electron chi connectivity index (χ0n) is 18.5. The molecule has 0 spiro atoms. The molecule has 0 atom stereocenters. The molecule has 6 rings (SSSR count). The summed E-state index contributed by atoms with van der Waals surface area (Å²) >= 11 is 0. The number of hydrogen-bond donors (Lipinski definition) is 1. The van der Waals surface area contributed by atoms with Crippen LogP contribution in [-0.2, 0) is 5.41 Å². The zero-order chi connectivity index (χ0) is 22.0. The van der Waals surface area contributed by atoms with Gasteiger partial charge >= 0.3 is 0 Å². The standard InChI is InChI=1S/C31H25N/c1-5-20-22-16-15-19(17-28(22)31(3,4)27(20)6-2)25-18-26-23-12-9-10-14-29(23)32-30(26)24-13-8-7-11-21(24)25/h5-18,32H,1-2H2,3-4H3. The first-order valence-corrected chi connectivity index (χ1v) is 11.1. The summed E-state index contributed by atoms with van der Waals surface area (Å²) in [6, 6.07) is 26.5. The van der Waals surface area contributed by atoms with Crippen LogP contribution in [0, 0.1) is 0 Å². The lowest BCUT2D eigenvalue weighted by molar-refractivity contribution is 0.655. The molecule has 5 aromatic rings. The van der Waals surface area contributed by atoms with Gasteiger partial charge in [0.05, 0.1) is 5.52 Å².